The Morgan fingerprint density at radius 1 is 0.966 bits per heavy atom. The van der Waals surface area contributed by atoms with Gasteiger partial charge in [0.2, 0.25) is 0 Å². The second-order valence-electron chi connectivity index (χ2n) is 6.25. The summed E-state index contributed by atoms with van der Waals surface area (Å²) in [6.07, 6.45) is 0. The Kier molecular flexibility index (Phi) is 12.1. The molecule has 0 aromatic heterocycles. The Morgan fingerprint density at radius 3 is 2.31 bits per heavy atom. The van der Waals surface area contributed by atoms with Gasteiger partial charge in [-0.3, -0.25) is 4.99 Å². The van der Waals surface area contributed by atoms with Gasteiger partial charge in [-0.05, 0) is 31.5 Å². The number of methoxy groups -OCH3 is 1. The summed E-state index contributed by atoms with van der Waals surface area (Å²) in [6.45, 7) is 7.07. The lowest BCUT2D eigenvalue weighted by Gasteiger charge is -2.16. The number of hydrogen-bond acceptors (Lipinski definition) is 4. The fraction of sp³-hybridized carbons (Fsp3) is 0.409. The van der Waals surface area contributed by atoms with Gasteiger partial charge >= 0.3 is 0 Å². The summed E-state index contributed by atoms with van der Waals surface area (Å²) in [5.74, 6) is 2.44. The zero-order valence-corrected chi connectivity index (χ0v) is 20.0. The monoisotopic (exact) mass is 513 g/mol. The normalized spacial score (nSPS) is 10.8. The molecule has 2 rings (SSSR count). The lowest BCUT2D eigenvalue weighted by atomic mass is 10.1. The molecule has 2 aromatic rings. The van der Waals surface area contributed by atoms with Crippen molar-refractivity contribution in [2.75, 3.05) is 34.0 Å². The second-order valence-corrected chi connectivity index (χ2v) is 6.25. The molecule has 6 nitrogen and oxygen atoms in total. The molecule has 0 aliphatic carbocycles. The Bertz CT molecular complexity index is 769. The van der Waals surface area contributed by atoms with E-state index in [1.807, 2.05) is 37.3 Å². The number of rotatable bonds is 10. The van der Waals surface area contributed by atoms with Gasteiger partial charge in [0, 0.05) is 37.9 Å². The van der Waals surface area contributed by atoms with Crippen molar-refractivity contribution >= 4 is 29.9 Å². The van der Waals surface area contributed by atoms with Crippen LogP contribution in [-0.2, 0) is 17.8 Å². The van der Waals surface area contributed by atoms with E-state index >= 15 is 0 Å². The van der Waals surface area contributed by atoms with Crippen LogP contribution >= 0.6 is 24.0 Å². The van der Waals surface area contributed by atoms with E-state index in [2.05, 4.69) is 34.7 Å². The Hall–Kier alpha value is -2.00. The van der Waals surface area contributed by atoms with Crippen LogP contribution in [0.25, 0.3) is 0 Å². The highest BCUT2D eigenvalue weighted by atomic mass is 127. The Balaban J connectivity index is 0.00000420. The van der Waals surface area contributed by atoms with Crippen LogP contribution in [0.5, 0.6) is 11.5 Å². The summed E-state index contributed by atoms with van der Waals surface area (Å²) >= 11 is 0. The number of hydrogen-bond donors (Lipinski definition) is 2. The molecule has 7 heteroatoms. The van der Waals surface area contributed by atoms with E-state index in [-0.39, 0.29) is 24.0 Å². The minimum absolute atomic E-state index is 0. The third-order valence-electron chi connectivity index (χ3n) is 4.22. The number of ether oxygens (including phenoxy) is 3. The van der Waals surface area contributed by atoms with Crippen molar-refractivity contribution < 1.29 is 14.2 Å². The first-order valence-corrected chi connectivity index (χ1v) is 9.54. The van der Waals surface area contributed by atoms with E-state index in [9.17, 15) is 0 Å². The van der Waals surface area contributed by atoms with Crippen molar-refractivity contribution in [1.82, 2.24) is 10.6 Å². The van der Waals surface area contributed by atoms with Crippen LogP contribution in [0.15, 0.2) is 47.5 Å². The van der Waals surface area contributed by atoms with Crippen molar-refractivity contribution in [1.29, 1.82) is 0 Å². The number of nitrogens with one attached hydrogen (secondary N) is 2. The Labute approximate surface area is 191 Å². The maximum absolute atomic E-state index is 5.90. The maximum Gasteiger partial charge on any atom is 0.191 e. The fourth-order valence-electron chi connectivity index (χ4n) is 2.72. The number of benzene rings is 2. The third kappa shape index (κ3) is 8.49. The molecule has 0 fully saturated rings. The summed E-state index contributed by atoms with van der Waals surface area (Å²) in [4.78, 5) is 4.30. The highest BCUT2D eigenvalue weighted by Crippen LogP contribution is 2.20. The highest BCUT2D eigenvalue weighted by Gasteiger charge is 2.07. The third-order valence-corrected chi connectivity index (χ3v) is 4.22. The van der Waals surface area contributed by atoms with Gasteiger partial charge in [0.25, 0.3) is 0 Å². The lowest BCUT2D eigenvalue weighted by molar-refractivity contribution is 0.110. The molecule has 0 radical (unpaired) electrons. The van der Waals surface area contributed by atoms with Gasteiger partial charge in [-0.2, -0.15) is 0 Å². The van der Waals surface area contributed by atoms with E-state index < -0.39 is 0 Å². The van der Waals surface area contributed by atoms with E-state index in [0.29, 0.717) is 38.9 Å². The molecule has 0 bridgehead atoms. The number of para-hydroxylation sites is 1. The molecule has 0 heterocycles. The predicted octanol–water partition coefficient (Wildman–Crippen LogP) is 3.90. The van der Waals surface area contributed by atoms with E-state index in [4.69, 9.17) is 14.2 Å². The van der Waals surface area contributed by atoms with Crippen molar-refractivity contribution in [3.05, 3.63) is 59.2 Å². The van der Waals surface area contributed by atoms with Crippen LogP contribution in [0, 0.1) is 6.92 Å². The zero-order valence-electron chi connectivity index (χ0n) is 17.7. The SMILES string of the molecule is CCOCCOc1cc(C)ccc1CNC(=NC)NCc1ccccc1OC.I. The minimum atomic E-state index is 0. The van der Waals surface area contributed by atoms with Crippen LogP contribution in [0.4, 0.5) is 0 Å². The van der Waals surface area contributed by atoms with Gasteiger partial charge in [-0.1, -0.05) is 30.3 Å². The number of guanidine groups is 1. The molecule has 0 amide bonds. The largest absolute Gasteiger partial charge is 0.496 e. The summed E-state index contributed by atoms with van der Waals surface area (Å²) in [5, 5.41) is 6.66. The van der Waals surface area contributed by atoms with Crippen LogP contribution in [-0.4, -0.2) is 39.9 Å². The summed E-state index contributed by atoms with van der Waals surface area (Å²) < 4.78 is 16.7. The van der Waals surface area contributed by atoms with Crippen LogP contribution < -0.4 is 20.1 Å². The van der Waals surface area contributed by atoms with E-state index in [1.54, 1.807) is 14.2 Å². The van der Waals surface area contributed by atoms with Crippen LogP contribution in [0.2, 0.25) is 0 Å². The van der Waals surface area contributed by atoms with Crippen molar-refractivity contribution in [2.24, 2.45) is 4.99 Å². The highest BCUT2D eigenvalue weighted by molar-refractivity contribution is 14.0. The number of nitrogens with zero attached hydrogens (tertiary/aromatic N) is 1. The average molecular weight is 513 g/mol. The summed E-state index contributed by atoms with van der Waals surface area (Å²) in [7, 11) is 3.43. The van der Waals surface area contributed by atoms with Gasteiger partial charge in [0.05, 0.1) is 13.7 Å². The molecule has 0 unspecified atom stereocenters. The van der Waals surface area contributed by atoms with Crippen LogP contribution in [0.1, 0.15) is 23.6 Å². The van der Waals surface area contributed by atoms with Gasteiger partial charge in [-0.15, -0.1) is 24.0 Å². The lowest BCUT2D eigenvalue weighted by Crippen LogP contribution is -2.36. The maximum atomic E-state index is 5.90. The van der Waals surface area contributed by atoms with Gasteiger partial charge in [0.15, 0.2) is 5.96 Å². The van der Waals surface area contributed by atoms with Crippen molar-refractivity contribution in [3.8, 4) is 11.5 Å². The number of halogens is 1. The zero-order chi connectivity index (χ0) is 20.2. The van der Waals surface area contributed by atoms with Crippen LogP contribution in [0.3, 0.4) is 0 Å². The molecule has 0 spiro atoms. The fourth-order valence-corrected chi connectivity index (χ4v) is 2.72. The number of aryl methyl sites for hydroxylation is 1. The first-order valence-electron chi connectivity index (χ1n) is 9.54. The minimum Gasteiger partial charge on any atom is -0.496 e. The standard InChI is InChI=1S/C22H31N3O3.HI/c1-5-27-12-13-28-21-14-17(2)10-11-19(21)16-25-22(23-3)24-15-18-8-6-7-9-20(18)26-4;/h6-11,14H,5,12-13,15-16H2,1-4H3,(H2,23,24,25);1H. The number of aliphatic imine (C=N–C) groups is 1. The molecule has 29 heavy (non-hydrogen) atoms. The van der Waals surface area contributed by atoms with Crippen molar-refractivity contribution in [3.63, 3.8) is 0 Å². The summed E-state index contributed by atoms with van der Waals surface area (Å²) in [6, 6.07) is 14.1. The molecular formula is C22H32IN3O3. The van der Waals surface area contributed by atoms with E-state index in [0.717, 1.165) is 28.2 Å². The molecule has 0 aliphatic rings. The molecule has 2 aromatic carbocycles. The molecule has 0 saturated carbocycles. The smallest absolute Gasteiger partial charge is 0.191 e. The van der Waals surface area contributed by atoms with Gasteiger partial charge < -0.3 is 24.8 Å². The molecule has 0 aliphatic heterocycles. The van der Waals surface area contributed by atoms with Gasteiger partial charge in [-0.25, -0.2) is 0 Å². The molecule has 0 atom stereocenters. The molecular weight excluding hydrogens is 481 g/mol. The summed E-state index contributed by atoms with van der Waals surface area (Å²) in [5.41, 5.74) is 3.31. The average Bonchev–Trinajstić information content (AvgIpc) is 2.72. The first kappa shape index (κ1) is 25.0. The quantitative estimate of drug-likeness (QED) is 0.219. The predicted molar refractivity (Wildman–Crippen MR) is 129 cm³/mol. The molecule has 160 valence electrons. The Morgan fingerprint density at radius 2 is 1.66 bits per heavy atom. The topological polar surface area (TPSA) is 64.1 Å². The second kappa shape index (κ2) is 14.1. The van der Waals surface area contributed by atoms with Gasteiger partial charge in [0.1, 0.15) is 18.1 Å². The molecule has 2 N–H and O–H groups in total. The van der Waals surface area contributed by atoms with E-state index in [1.165, 1.54) is 0 Å². The molecule has 0 saturated heterocycles. The van der Waals surface area contributed by atoms with Crippen molar-refractivity contribution in [2.45, 2.75) is 26.9 Å². The first-order chi connectivity index (χ1) is 13.7.